The maximum atomic E-state index is 11.9. The average molecular weight is 349 g/mol. The van der Waals surface area contributed by atoms with Crippen LogP contribution >= 0.6 is 23.2 Å². The second-order valence-corrected chi connectivity index (χ2v) is 6.09. The van der Waals surface area contributed by atoms with Gasteiger partial charge >= 0.3 is 0 Å². The molecule has 0 bridgehead atoms. The molecule has 0 saturated heterocycles. The van der Waals surface area contributed by atoms with Crippen LogP contribution in [-0.2, 0) is 9.53 Å². The lowest BCUT2D eigenvalue weighted by Crippen LogP contribution is -2.25. The molecule has 23 heavy (non-hydrogen) atoms. The van der Waals surface area contributed by atoms with Gasteiger partial charge in [0.1, 0.15) is 0 Å². The number of benzene rings is 2. The number of aryl methyl sites for hydroxylation is 1. The Bertz CT molecular complexity index is 788. The van der Waals surface area contributed by atoms with Crippen LogP contribution in [0.3, 0.4) is 0 Å². The first-order chi connectivity index (χ1) is 11.0. The SMILES string of the molecule is CC(=O)N1N=C(c2ccc(C)cc2)OC1c1ccc(Cl)c(Cl)c1. The molecule has 0 N–H and O–H groups in total. The van der Waals surface area contributed by atoms with Crippen LogP contribution in [0.25, 0.3) is 0 Å². The molecule has 0 fully saturated rings. The smallest absolute Gasteiger partial charge is 0.243 e. The molecular weight excluding hydrogens is 335 g/mol. The van der Waals surface area contributed by atoms with Crippen molar-refractivity contribution in [3.8, 4) is 0 Å². The molecule has 0 saturated carbocycles. The van der Waals surface area contributed by atoms with Gasteiger partial charge < -0.3 is 4.74 Å². The van der Waals surface area contributed by atoms with E-state index in [2.05, 4.69) is 5.10 Å². The summed E-state index contributed by atoms with van der Waals surface area (Å²) in [6.45, 7) is 3.44. The molecule has 2 aromatic rings. The fraction of sp³-hybridized carbons (Fsp3) is 0.176. The Kier molecular flexibility index (Phi) is 4.28. The van der Waals surface area contributed by atoms with E-state index >= 15 is 0 Å². The van der Waals surface area contributed by atoms with Gasteiger partial charge in [-0.3, -0.25) is 4.79 Å². The van der Waals surface area contributed by atoms with Crippen LogP contribution < -0.4 is 0 Å². The van der Waals surface area contributed by atoms with E-state index in [9.17, 15) is 4.79 Å². The van der Waals surface area contributed by atoms with E-state index in [0.29, 0.717) is 21.5 Å². The summed E-state index contributed by atoms with van der Waals surface area (Å²) in [6, 6.07) is 12.9. The Morgan fingerprint density at radius 2 is 1.83 bits per heavy atom. The van der Waals surface area contributed by atoms with Crippen LogP contribution in [0.1, 0.15) is 29.8 Å². The largest absolute Gasteiger partial charge is 0.446 e. The van der Waals surface area contributed by atoms with E-state index in [4.69, 9.17) is 27.9 Å². The van der Waals surface area contributed by atoms with Gasteiger partial charge in [-0.05, 0) is 31.2 Å². The van der Waals surface area contributed by atoms with Crippen molar-refractivity contribution >= 4 is 35.0 Å². The number of carbonyl (C=O) groups excluding carboxylic acids is 1. The third-order valence-corrected chi connectivity index (χ3v) is 4.23. The molecule has 1 atom stereocenters. The second-order valence-electron chi connectivity index (χ2n) is 5.28. The third kappa shape index (κ3) is 3.19. The Balaban J connectivity index is 1.95. The Labute approximate surface area is 144 Å². The molecule has 3 rings (SSSR count). The quantitative estimate of drug-likeness (QED) is 0.799. The maximum absolute atomic E-state index is 11.9. The first-order valence-corrected chi connectivity index (χ1v) is 7.78. The molecule has 1 heterocycles. The van der Waals surface area contributed by atoms with Crippen molar-refractivity contribution in [2.24, 2.45) is 5.10 Å². The highest BCUT2D eigenvalue weighted by Gasteiger charge is 2.33. The zero-order valence-electron chi connectivity index (χ0n) is 12.6. The molecule has 1 unspecified atom stereocenters. The van der Waals surface area contributed by atoms with Gasteiger partial charge in [-0.15, -0.1) is 5.10 Å². The Morgan fingerprint density at radius 3 is 2.43 bits per heavy atom. The molecule has 0 aromatic heterocycles. The van der Waals surface area contributed by atoms with Gasteiger partial charge in [-0.2, -0.15) is 5.01 Å². The monoisotopic (exact) mass is 348 g/mol. The summed E-state index contributed by atoms with van der Waals surface area (Å²) in [6.07, 6.45) is -0.654. The summed E-state index contributed by atoms with van der Waals surface area (Å²) < 4.78 is 5.90. The molecule has 1 amide bonds. The van der Waals surface area contributed by atoms with Crippen molar-refractivity contribution in [1.29, 1.82) is 0 Å². The average Bonchev–Trinajstić information content (AvgIpc) is 2.96. The van der Waals surface area contributed by atoms with E-state index in [0.717, 1.165) is 11.1 Å². The zero-order chi connectivity index (χ0) is 16.6. The topological polar surface area (TPSA) is 41.9 Å². The first kappa shape index (κ1) is 15.8. The van der Waals surface area contributed by atoms with E-state index in [1.54, 1.807) is 18.2 Å². The standard InChI is InChI=1S/C17H14Cl2N2O2/c1-10-3-5-12(6-4-10)16-20-21(11(2)22)17(23-16)13-7-8-14(18)15(19)9-13/h3-9,17H,1-2H3. The van der Waals surface area contributed by atoms with Crippen LogP contribution in [0.15, 0.2) is 47.6 Å². The first-order valence-electron chi connectivity index (χ1n) is 7.03. The highest BCUT2D eigenvalue weighted by molar-refractivity contribution is 6.42. The number of halogens is 2. The molecular formula is C17H14Cl2N2O2. The van der Waals surface area contributed by atoms with Crippen molar-refractivity contribution in [1.82, 2.24) is 5.01 Å². The van der Waals surface area contributed by atoms with Gasteiger partial charge in [0.25, 0.3) is 0 Å². The lowest BCUT2D eigenvalue weighted by atomic mass is 10.1. The number of rotatable bonds is 2. The summed E-state index contributed by atoms with van der Waals surface area (Å²) in [5.41, 5.74) is 2.65. The minimum atomic E-state index is -0.654. The molecule has 1 aliphatic heterocycles. The van der Waals surface area contributed by atoms with E-state index in [1.807, 2.05) is 31.2 Å². The van der Waals surface area contributed by atoms with Crippen molar-refractivity contribution in [3.05, 3.63) is 69.2 Å². The van der Waals surface area contributed by atoms with Gasteiger partial charge in [0, 0.05) is 18.1 Å². The summed E-state index contributed by atoms with van der Waals surface area (Å²) in [7, 11) is 0. The van der Waals surface area contributed by atoms with Gasteiger partial charge in [0.2, 0.25) is 18.0 Å². The minimum Gasteiger partial charge on any atom is -0.446 e. The van der Waals surface area contributed by atoms with E-state index in [1.165, 1.54) is 11.9 Å². The summed E-state index contributed by atoms with van der Waals surface area (Å²) >= 11 is 12.0. The number of hydrazone groups is 1. The lowest BCUT2D eigenvalue weighted by molar-refractivity contribution is -0.135. The van der Waals surface area contributed by atoms with Gasteiger partial charge in [-0.1, -0.05) is 47.0 Å². The van der Waals surface area contributed by atoms with E-state index < -0.39 is 6.23 Å². The maximum Gasteiger partial charge on any atom is 0.243 e. The number of ether oxygens (including phenoxy) is 1. The Morgan fingerprint density at radius 1 is 1.13 bits per heavy atom. The highest BCUT2D eigenvalue weighted by atomic mass is 35.5. The fourth-order valence-electron chi connectivity index (χ4n) is 2.26. The van der Waals surface area contributed by atoms with Crippen molar-refractivity contribution in [3.63, 3.8) is 0 Å². The lowest BCUT2D eigenvalue weighted by Gasteiger charge is -2.19. The number of amides is 1. The Hall–Kier alpha value is -2.04. The third-order valence-electron chi connectivity index (χ3n) is 3.49. The van der Waals surface area contributed by atoms with Gasteiger partial charge in [-0.25, -0.2) is 0 Å². The van der Waals surface area contributed by atoms with Crippen LogP contribution in [-0.4, -0.2) is 16.8 Å². The second kappa shape index (κ2) is 6.22. The van der Waals surface area contributed by atoms with Crippen LogP contribution in [0.5, 0.6) is 0 Å². The van der Waals surface area contributed by atoms with Gasteiger partial charge in [0.15, 0.2) is 0 Å². The number of hydrogen-bond acceptors (Lipinski definition) is 3. The molecule has 4 nitrogen and oxygen atoms in total. The summed E-state index contributed by atoms with van der Waals surface area (Å²) in [5, 5.41) is 6.45. The predicted molar refractivity (Wildman–Crippen MR) is 90.5 cm³/mol. The number of hydrogen-bond donors (Lipinski definition) is 0. The number of nitrogens with zero attached hydrogens (tertiary/aromatic N) is 2. The number of carbonyl (C=O) groups is 1. The fourth-order valence-corrected chi connectivity index (χ4v) is 2.57. The van der Waals surface area contributed by atoms with Crippen LogP contribution in [0.4, 0.5) is 0 Å². The normalized spacial score (nSPS) is 17.0. The highest BCUT2D eigenvalue weighted by Crippen LogP contribution is 2.33. The van der Waals surface area contributed by atoms with Gasteiger partial charge in [0.05, 0.1) is 10.0 Å². The van der Waals surface area contributed by atoms with Crippen molar-refractivity contribution in [2.75, 3.05) is 0 Å². The van der Waals surface area contributed by atoms with E-state index in [-0.39, 0.29) is 5.91 Å². The summed E-state index contributed by atoms with van der Waals surface area (Å²) in [5.74, 6) is 0.180. The summed E-state index contributed by atoms with van der Waals surface area (Å²) in [4.78, 5) is 11.9. The zero-order valence-corrected chi connectivity index (χ0v) is 14.1. The molecule has 0 radical (unpaired) electrons. The molecule has 6 heteroatoms. The molecule has 118 valence electrons. The molecule has 1 aliphatic rings. The van der Waals surface area contributed by atoms with Crippen LogP contribution in [0, 0.1) is 6.92 Å². The van der Waals surface area contributed by atoms with Crippen LogP contribution in [0.2, 0.25) is 10.0 Å². The van der Waals surface area contributed by atoms with Crippen molar-refractivity contribution < 1.29 is 9.53 Å². The molecule has 0 spiro atoms. The predicted octanol–water partition coefficient (Wildman–Crippen LogP) is 4.54. The minimum absolute atomic E-state index is 0.219. The molecule has 0 aliphatic carbocycles. The van der Waals surface area contributed by atoms with Crippen molar-refractivity contribution in [2.45, 2.75) is 20.1 Å². The molecule has 2 aromatic carbocycles.